The first-order chi connectivity index (χ1) is 12.3. The molecule has 0 fully saturated rings. The van der Waals surface area contributed by atoms with Gasteiger partial charge in [0.05, 0.1) is 21.7 Å². The molecule has 26 heavy (non-hydrogen) atoms. The Morgan fingerprint density at radius 1 is 1.31 bits per heavy atom. The molecule has 0 aliphatic rings. The summed E-state index contributed by atoms with van der Waals surface area (Å²) in [6.07, 6.45) is 0.751. The van der Waals surface area contributed by atoms with Crippen LogP contribution in [0, 0.1) is 5.92 Å². The molecule has 0 radical (unpaired) electrons. The Morgan fingerprint density at radius 2 is 2.08 bits per heavy atom. The van der Waals surface area contributed by atoms with E-state index in [2.05, 4.69) is 29.0 Å². The first-order valence-electron chi connectivity index (χ1n) is 8.25. The molecular formula is C16H21N5O3S2. The monoisotopic (exact) mass is 395 g/mol. The van der Waals surface area contributed by atoms with E-state index in [-0.39, 0.29) is 4.90 Å². The molecule has 0 spiro atoms. The fourth-order valence-electron chi connectivity index (χ4n) is 2.59. The molecule has 0 bridgehead atoms. The van der Waals surface area contributed by atoms with Crippen molar-refractivity contribution in [2.75, 3.05) is 0 Å². The van der Waals surface area contributed by atoms with Crippen LogP contribution in [0.15, 0.2) is 32.8 Å². The predicted octanol–water partition coefficient (Wildman–Crippen LogP) is 2.58. The van der Waals surface area contributed by atoms with Gasteiger partial charge in [0.15, 0.2) is 11.0 Å². The summed E-state index contributed by atoms with van der Waals surface area (Å²) in [6.45, 7) is 6.91. The van der Waals surface area contributed by atoms with Crippen molar-refractivity contribution in [3.05, 3.63) is 29.9 Å². The molecule has 8 nitrogen and oxygen atoms in total. The highest BCUT2D eigenvalue weighted by molar-refractivity contribution is 7.98. The van der Waals surface area contributed by atoms with Crippen molar-refractivity contribution < 1.29 is 12.9 Å². The van der Waals surface area contributed by atoms with Crippen molar-refractivity contribution in [3.63, 3.8) is 0 Å². The van der Waals surface area contributed by atoms with Crippen LogP contribution in [-0.2, 0) is 28.7 Å². The highest BCUT2D eigenvalue weighted by Crippen LogP contribution is 2.27. The number of hydrogen-bond donors (Lipinski definition) is 1. The molecule has 0 saturated heterocycles. The standard InChI is InChI=1S/C16H21N5O3S2/c1-4-21-13-6-5-11(26(17,22)23)8-12(13)18-16(21)25-9-14-19-15(24-20-14)7-10(2)3/h5-6,8,10H,4,7,9H2,1-3H3,(H2,17,22,23). The first kappa shape index (κ1) is 18.9. The third-order valence-corrected chi connectivity index (χ3v) is 5.64. The van der Waals surface area contributed by atoms with Crippen LogP contribution >= 0.6 is 11.8 Å². The molecule has 0 saturated carbocycles. The maximum Gasteiger partial charge on any atom is 0.238 e. The van der Waals surface area contributed by atoms with Gasteiger partial charge in [0, 0.05) is 13.0 Å². The van der Waals surface area contributed by atoms with Gasteiger partial charge in [0.2, 0.25) is 15.9 Å². The average molecular weight is 396 g/mol. The van der Waals surface area contributed by atoms with Gasteiger partial charge in [-0.05, 0) is 31.0 Å². The van der Waals surface area contributed by atoms with Crippen LogP contribution in [0.5, 0.6) is 0 Å². The van der Waals surface area contributed by atoms with Crippen LogP contribution in [0.3, 0.4) is 0 Å². The number of rotatable bonds is 7. The molecular weight excluding hydrogens is 374 g/mol. The fourth-order valence-corrected chi connectivity index (χ4v) is 4.05. The number of thioether (sulfide) groups is 1. The van der Waals surface area contributed by atoms with Gasteiger partial charge in [-0.15, -0.1) is 0 Å². The van der Waals surface area contributed by atoms with Crippen LogP contribution in [0.2, 0.25) is 0 Å². The lowest BCUT2D eigenvalue weighted by molar-refractivity contribution is 0.360. The van der Waals surface area contributed by atoms with Gasteiger partial charge < -0.3 is 9.09 Å². The summed E-state index contributed by atoms with van der Waals surface area (Å²) in [4.78, 5) is 8.99. The number of sulfonamides is 1. The molecule has 1 aromatic carbocycles. The third kappa shape index (κ3) is 4.08. The SMILES string of the molecule is CCn1c(SCc2noc(CC(C)C)n2)nc2cc(S(N)(=O)=O)ccc21. The summed E-state index contributed by atoms with van der Waals surface area (Å²) in [5.74, 6) is 2.23. The number of aromatic nitrogens is 4. The molecule has 10 heteroatoms. The van der Waals surface area contributed by atoms with Crippen molar-refractivity contribution in [3.8, 4) is 0 Å². The lowest BCUT2D eigenvalue weighted by Gasteiger charge is -2.04. The highest BCUT2D eigenvalue weighted by atomic mass is 32.2. The van der Waals surface area contributed by atoms with Crippen LogP contribution in [0.1, 0.15) is 32.5 Å². The second-order valence-corrected chi connectivity index (χ2v) is 8.83. The van der Waals surface area contributed by atoms with Gasteiger partial charge in [-0.3, -0.25) is 0 Å². The molecule has 140 valence electrons. The first-order valence-corrected chi connectivity index (χ1v) is 10.8. The number of nitrogens with two attached hydrogens (primary N) is 1. The fraction of sp³-hybridized carbons (Fsp3) is 0.438. The number of primary sulfonamides is 1. The number of aryl methyl sites for hydroxylation is 1. The Hall–Kier alpha value is -1.91. The zero-order chi connectivity index (χ0) is 18.9. The maximum absolute atomic E-state index is 11.5. The Labute approximate surface area is 156 Å². The maximum atomic E-state index is 11.5. The minimum atomic E-state index is -3.76. The topological polar surface area (TPSA) is 117 Å². The molecule has 0 aliphatic carbocycles. The van der Waals surface area contributed by atoms with Crippen LogP contribution in [0.25, 0.3) is 11.0 Å². The molecule has 3 aromatic rings. The normalized spacial score (nSPS) is 12.3. The van der Waals surface area contributed by atoms with Gasteiger partial charge in [0.1, 0.15) is 0 Å². The van der Waals surface area contributed by atoms with Crippen LogP contribution < -0.4 is 5.14 Å². The summed E-state index contributed by atoms with van der Waals surface area (Å²) in [5.41, 5.74) is 1.45. The van der Waals surface area contributed by atoms with E-state index in [1.807, 2.05) is 11.5 Å². The Bertz CT molecular complexity index is 1020. The molecule has 0 atom stereocenters. The number of benzene rings is 1. The highest BCUT2D eigenvalue weighted by Gasteiger charge is 2.16. The van der Waals surface area contributed by atoms with Gasteiger partial charge in [-0.25, -0.2) is 18.5 Å². The summed E-state index contributed by atoms with van der Waals surface area (Å²) in [6, 6.07) is 4.72. The molecule has 0 aliphatic heterocycles. The Balaban J connectivity index is 1.84. The van der Waals surface area contributed by atoms with E-state index in [4.69, 9.17) is 9.66 Å². The summed E-state index contributed by atoms with van der Waals surface area (Å²) in [7, 11) is -3.76. The average Bonchev–Trinajstić information content (AvgIpc) is 3.14. The summed E-state index contributed by atoms with van der Waals surface area (Å²) < 4.78 is 30.3. The van der Waals surface area contributed by atoms with E-state index in [0.29, 0.717) is 35.4 Å². The van der Waals surface area contributed by atoms with Crippen molar-refractivity contribution >= 4 is 32.8 Å². The molecule has 0 amide bonds. The molecule has 2 aromatic heterocycles. The zero-order valence-corrected chi connectivity index (χ0v) is 16.5. The van der Waals surface area contributed by atoms with E-state index >= 15 is 0 Å². The minimum absolute atomic E-state index is 0.0544. The van der Waals surface area contributed by atoms with E-state index in [9.17, 15) is 8.42 Å². The second kappa shape index (κ2) is 7.37. The number of hydrogen-bond acceptors (Lipinski definition) is 7. The number of nitrogens with zero attached hydrogens (tertiary/aromatic N) is 4. The van der Waals surface area contributed by atoms with E-state index in [1.165, 1.54) is 23.9 Å². The van der Waals surface area contributed by atoms with Gasteiger partial charge in [-0.1, -0.05) is 30.8 Å². The Kier molecular flexibility index (Phi) is 5.35. The van der Waals surface area contributed by atoms with Crippen LogP contribution in [-0.4, -0.2) is 28.1 Å². The molecule has 3 rings (SSSR count). The van der Waals surface area contributed by atoms with Crippen LogP contribution in [0.4, 0.5) is 0 Å². The second-order valence-electron chi connectivity index (χ2n) is 6.33. The largest absolute Gasteiger partial charge is 0.339 e. The van der Waals surface area contributed by atoms with Gasteiger partial charge in [-0.2, -0.15) is 4.98 Å². The predicted molar refractivity (Wildman–Crippen MR) is 99.2 cm³/mol. The lowest BCUT2D eigenvalue weighted by atomic mass is 10.1. The van der Waals surface area contributed by atoms with Crippen molar-refractivity contribution in [1.29, 1.82) is 0 Å². The minimum Gasteiger partial charge on any atom is -0.339 e. The zero-order valence-electron chi connectivity index (χ0n) is 14.8. The molecule has 2 heterocycles. The third-order valence-electron chi connectivity index (χ3n) is 3.75. The Morgan fingerprint density at radius 3 is 2.73 bits per heavy atom. The van der Waals surface area contributed by atoms with E-state index < -0.39 is 10.0 Å². The van der Waals surface area contributed by atoms with E-state index in [0.717, 1.165) is 17.1 Å². The molecule has 2 N–H and O–H groups in total. The summed E-state index contributed by atoms with van der Waals surface area (Å²) >= 11 is 1.48. The number of fused-ring (bicyclic) bond motifs is 1. The quantitative estimate of drug-likeness (QED) is 0.611. The molecule has 0 unspecified atom stereocenters. The van der Waals surface area contributed by atoms with Gasteiger partial charge in [0.25, 0.3) is 0 Å². The summed E-state index contributed by atoms with van der Waals surface area (Å²) in [5, 5.41) is 9.97. The van der Waals surface area contributed by atoms with Gasteiger partial charge >= 0.3 is 0 Å². The van der Waals surface area contributed by atoms with E-state index in [1.54, 1.807) is 6.07 Å². The smallest absolute Gasteiger partial charge is 0.238 e. The number of imidazole rings is 1. The van der Waals surface area contributed by atoms with Crippen molar-refractivity contribution in [2.24, 2.45) is 11.1 Å². The van der Waals surface area contributed by atoms with Crippen molar-refractivity contribution in [1.82, 2.24) is 19.7 Å². The lowest BCUT2D eigenvalue weighted by Crippen LogP contribution is -2.11. The van der Waals surface area contributed by atoms with Crippen molar-refractivity contribution in [2.45, 2.75) is 49.5 Å².